The maximum atomic E-state index is 5.79. The number of nitrogens with zero attached hydrogens (tertiary/aromatic N) is 2. The van der Waals surface area contributed by atoms with Gasteiger partial charge < -0.3 is 10.7 Å². The van der Waals surface area contributed by atoms with Gasteiger partial charge in [0.15, 0.2) is 0 Å². The summed E-state index contributed by atoms with van der Waals surface area (Å²) in [5.74, 6) is 1.37. The summed E-state index contributed by atoms with van der Waals surface area (Å²) in [6.45, 7) is 0. The van der Waals surface area contributed by atoms with Gasteiger partial charge in [0.05, 0.1) is 0 Å². The zero-order valence-electron chi connectivity index (χ0n) is 7.38. The fraction of sp³-hybridized carbons (Fsp3) is 0.875. The molecule has 0 saturated heterocycles. The molecule has 11 heavy (non-hydrogen) atoms. The van der Waals surface area contributed by atoms with Crippen LogP contribution in [0.25, 0.3) is 0 Å². The van der Waals surface area contributed by atoms with Crippen LogP contribution in [0.4, 0.5) is 0 Å². The van der Waals surface area contributed by atoms with Crippen LogP contribution in [0.1, 0.15) is 25.7 Å². The van der Waals surface area contributed by atoms with Gasteiger partial charge in [0, 0.05) is 20.0 Å². The highest BCUT2D eigenvalue weighted by atomic mass is 15.4. The van der Waals surface area contributed by atoms with Gasteiger partial charge in [0.2, 0.25) is 0 Å². The van der Waals surface area contributed by atoms with E-state index in [4.69, 9.17) is 5.73 Å². The highest BCUT2D eigenvalue weighted by Gasteiger charge is 2.18. The second-order valence-corrected chi connectivity index (χ2v) is 3.35. The summed E-state index contributed by atoms with van der Waals surface area (Å²) in [4.78, 5) is 0. The molecule has 0 bridgehead atoms. The molecule has 1 aliphatic carbocycles. The van der Waals surface area contributed by atoms with Crippen LogP contribution in [-0.4, -0.2) is 24.9 Å². The van der Waals surface area contributed by atoms with E-state index in [9.17, 15) is 0 Å². The fourth-order valence-electron chi connectivity index (χ4n) is 1.53. The SMILES string of the molecule is CN(C)/N=C(\N)C1CCCC1. The Hall–Kier alpha value is -0.730. The van der Waals surface area contributed by atoms with E-state index in [-0.39, 0.29) is 0 Å². The van der Waals surface area contributed by atoms with Gasteiger partial charge in [-0.15, -0.1) is 0 Å². The summed E-state index contributed by atoms with van der Waals surface area (Å²) >= 11 is 0. The van der Waals surface area contributed by atoms with Crippen molar-refractivity contribution in [3.63, 3.8) is 0 Å². The van der Waals surface area contributed by atoms with Gasteiger partial charge >= 0.3 is 0 Å². The average molecular weight is 155 g/mol. The number of hydrogen-bond donors (Lipinski definition) is 1. The van der Waals surface area contributed by atoms with Crippen LogP contribution in [0.15, 0.2) is 5.10 Å². The Balaban J connectivity index is 2.45. The van der Waals surface area contributed by atoms with E-state index in [1.54, 1.807) is 5.01 Å². The normalized spacial score (nSPS) is 20.7. The van der Waals surface area contributed by atoms with Crippen molar-refractivity contribution in [3.8, 4) is 0 Å². The minimum Gasteiger partial charge on any atom is -0.385 e. The minimum absolute atomic E-state index is 0.553. The van der Waals surface area contributed by atoms with Crippen LogP contribution in [0.3, 0.4) is 0 Å². The lowest BCUT2D eigenvalue weighted by Gasteiger charge is -2.11. The molecule has 3 nitrogen and oxygen atoms in total. The first-order chi connectivity index (χ1) is 5.20. The molecule has 0 spiro atoms. The van der Waals surface area contributed by atoms with Gasteiger partial charge in [-0.1, -0.05) is 12.8 Å². The Kier molecular flexibility index (Phi) is 2.74. The third kappa shape index (κ3) is 2.41. The maximum absolute atomic E-state index is 5.79. The lowest BCUT2D eigenvalue weighted by atomic mass is 10.1. The molecule has 0 aliphatic heterocycles. The Morgan fingerprint density at radius 1 is 1.36 bits per heavy atom. The Morgan fingerprint density at radius 2 is 1.91 bits per heavy atom. The first-order valence-corrected chi connectivity index (χ1v) is 4.21. The Labute approximate surface area is 68.3 Å². The number of hydrogen-bond acceptors (Lipinski definition) is 2. The molecule has 0 unspecified atom stereocenters. The third-order valence-electron chi connectivity index (χ3n) is 2.09. The summed E-state index contributed by atoms with van der Waals surface area (Å²) in [7, 11) is 3.81. The average Bonchev–Trinajstić information content (AvgIpc) is 2.35. The molecule has 0 amide bonds. The Bertz CT molecular complexity index is 145. The zero-order valence-corrected chi connectivity index (χ0v) is 7.38. The number of hydrazone groups is 1. The molecule has 1 aliphatic rings. The molecule has 0 aromatic carbocycles. The first kappa shape index (κ1) is 8.37. The van der Waals surface area contributed by atoms with Gasteiger partial charge in [-0.2, -0.15) is 5.10 Å². The predicted molar refractivity (Wildman–Crippen MR) is 47.3 cm³/mol. The highest BCUT2D eigenvalue weighted by Crippen LogP contribution is 2.24. The van der Waals surface area contributed by atoms with Gasteiger partial charge in [-0.05, 0) is 12.8 Å². The van der Waals surface area contributed by atoms with Gasteiger partial charge in [0.1, 0.15) is 5.84 Å². The third-order valence-corrected chi connectivity index (χ3v) is 2.09. The van der Waals surface area contributed by atoms with Crippen LogP contribution >= 0.6 is 0 Å². The summed E-state index contributed by atoms with van der Waals surface area (Å²) < 4.78 is 0. The molecule has 1 saturated carbocycles. The van der Waals surface area contributed by atoms with Gasteiger partial charge in [-0.3, -0.25) is 0 Å². The molecule has 0 aromatic heterocycles. The van der Waals surface area contributed by atoms with E-state index < -0.39 is 0 Å². The molecule has 0 aromatic rings. The molecule has 0 heterocycles. The molecular formula is C8H17N3. The molecule has 1 rings (SSSR count). The molecule has 1 fully saturated rings. The van der Waals surface area contributed by atoms with Crippen molar-refractivity contribution >= 4 is 5.84 Å². The van der Waals surface area contributed by atoms with Crippen LogP contribution < -0.4 is 5.73 Å². The van der Waals surface area contributed by atoms with E-state index >= 15 is 0 Å². The summed E-state index contributed by atoms with van der Waals surface area (Å²) in [5.41, 5.74) is 5.79. The highest BCUT2D eigenvalue weighted by molar-refractivity contribution is 5.82. The fourth-order valence-corrected chi connectivity index (χ4v) is 1.53. The van der Waals surface area contributed by atoms with E-state index in [1.807, 2.05) is 14.1 Å². The smallest absolute Gasteiger partial charge is 0.122 e. The van der Waals surface area contributed by atoms with Gasteiger partial charge in [-0.25, -0.2) is 0 Å². The van der Waals surface area contributed by atoms with E-state index in [1.165, 1.54) is 25.7 Å². The van der Waals surface area contributed by atoms with E-state index in [0.717, 1.165) is 5.84 Å². The quantitative estimate of drug-likeness (QED) is 0.367. The zero-order chi connectivity index (χ0) is 8.27. The molecule has 3 heteroatoms. The van der Waals surface area contributed by atoms with Crippen molar-refractivity contribution in [3.05, 3.63) is 0 Å². The Morgan fingerprint density at radius 3 is 2.36 bits per heavy atom. The van der Waals surface area contributed by atoms with Crippen LogP contribution in [0, 0.1) is 5.92 Å². The van der Waals surface area contributed by atoms with Crippen LogP contribution in [0.5, 0.6) is 0 Å². The van der Waals surface area contributed by atoms with Crippen LogP contribution in [0.2, 0.25) is 0 Å². The molecule has 64 valence electrons. The predicted octanol–water partition coefficient (Wildman–Crippen LogP) is 1.01. The summed E-state index contributed by atoms with van der Waals surface area (Å²) in [5, 5.41) is 5.96. The van der Waals surface area contributed by atoms with Crippen molar-refractivity contribution in [2.24, 2.45) is 16.8 Å². The van der Waals surface area contributed by atoms with Crippen LogP contribution in [-0.2, 0) is 0 Å². The molecule has 0 atom stereocenters. The van der Waals surface area contributed by atoms with Crippen molar-refractivity contribution in [2.75, 3.05) is 14.1 Å². The van der Waals surface area contributed by atoms with Crippen molar-refractivity contribution in [2.45, 2.75) is 25.7 Å². The second kappa shape index (κ2) is 3.60. The minimum atomic E-state index is 0.553. The van der Waals surface area contributed by atoms with E-state index in [0.29, 0.717) is 5.92 Å². The van der Waals surface area contributed by atoms with Crippen molar-refractivity contribution in [1.29, 1.82) is 0 Å². The number of nitrogens with two attached hydrogens (primary N) is 1. The topological polar surface area (TPSA) is 41.6 Å². The van der Waals surface area contributed by atoms with E-state index in [2.05, 4.69) is 5.10 Å². The number of amidine groups is 1. The van der Waals surface area contributed by atoms with Gasteiger partial charge in [0.25, 0.3) is 0 Å². The number of rotatable bonds is 2. The molecule has 2 N–H and O–H groups in total. The lowest BCUT2D eigenvalue weighted by molar-refractivity contribution is 0.431. The largest absolute Gasteiger partial charge is 0.385 e. The van der Waals surface area contributed by atoms with Crippen molar-refractivity contribution < 1.29 is 0 Å². The second-order valence-electron chi connectivity index (χ2n) is 3.35. The summed E-state index contributed by atoms with van der Waals surface area (Å²) in [6.07, 6.45) is 5.08. The first-order valence-electron chi connectivity index (χ1n) is 4.21. The monoisotopic (exact) mass is 155 g/mol. The molecular weight excluding hydrogens is 138 g/mol. The molecule has 0 radical (unpaired) electrons. The summed E-state index contributed by atoms with van der Waals surface area (Å²) in [6, 6.07) is 0. The lowest BCUT2D eigenvalue weighted by Crippen LogP contribution is -2.24. The van der Waals surface area contributed by atoms with Crippen molar-refractivity contribution in [1.82, 2.24) is 5.01 Å². The maximum Gasteiger partial charge on any atom is 0.122 e. The standard InChI is InChI=1S/C8H17N3/c1-11(2)10-8(9)7-5-3-4-6-7/h7H,3-6H2,1-2H3,(H2,9,10).